The second-order valence-corrected chi connectivity index (χ2v) is 4.86. The van der Waals surface area contributed by atoms with E-state index in [4.69, 9.17) is 9.84 Å². The number of benzene rings is 1. The summed E-state index contributed by atoms with van der Waals surface area (Å²) in [7, 11) is 1.60. The van der Waals surface area contributed by atoms with Gasteiger partial charge in [-0.05, 0) is 30.7 Å². The lowest BCUT2D eigenvalue weighted by atomic mass is 10.1. The number of carbonyl (C=O) groups excluding carboxylic acids is 1. The molecule has 6 heteroatoms. The van der Waals surface area contributed by atoms with Gasteiger partial charge in [0.25, 0.3) is 0 Å². The predicted molar refractivity (Wildman–Crippen MR) is 86.3 cm³/mol. The minimum atomic E-state index is -0.243. The van der Waals surface area contributed by atoms with Crippen LogP contribution in [0, 0.1) is 0 Å². The molecule has 0 spiro atoms. The number of hydrogen-bond acceptors (Lipinski definition) is 4. The van der Waals surface area contributed by atoms with E-state index in [1.54, 1.807) is 30.3 Å². The Morgan fingerprint density at radius 3 is 2.86 bits per heavy atom. The summed E-state index contributed by atoms with van der Waals surface area (Å²) in [6.45, 7) is 2.83. The zero-order chi connectivity index (χ0) is 15.9. The van der Waals surface area contributed by atoms with Gasteiger partial charge in [-0.2, -0.15) is 0 Å². The SMILES string of the molecule is CCCN(CCO)C(=O)Nc1ccc(OC)c2cccnc12. The van der Waals surface area contributed by atoms with Crippen LogP contribution >= 0.6 is 0 Å². The van der Waals surface area contributed by atoms with E-state index in [0.29, 0.717) is 30.0 Å². The van der Waals surface area contributed by atoms with E-state index in [1.807, 2.05) is 19.1 Å². The number of methoxy groups -OCH3 is 1. The first-order valence-corrected chi connectivity index (χ1v) is 7.29. The number of pyridine rings is 1. The fourth-order valence-electron chi connectivity index (χ4n) is 2.33. The van der Waals surface area contributed by atoms with Crippen LogP contribution < -0.4 is 10.1 Å². The second-order valence-electron chi connectivity index (χ2n) is 4.86. The quantitative estimate of drug-likeness (QED) is 0.859. The number of rotatable bonds is 6. The molecule has 0 unspecified atom stereocenters. The number of ether oxygens (including phenoxy) is 1. The fourth-order valence-corrected chi connectivity index (χ4v) is 2.33. The molecule has 0 fully saturated rings. The number of fused-ring (bicyclic) bond motifs is 1. The van der Waals surface area contributed by atoms with Gasteiger partial charge in [-0.25, -0.2) is 4.79 Å². The summed E-state index contributed by atoms with van der Waals surface area (Å²) >= 11 is 0. The standard InChI is InChI=1S/C16H21N3O3/c1-3-9-19(10-11-20)16(21)18-13-6-7-14(22-2)12-5-4-8-17-15(12)13/h4-8,20H,3,9-11H2,1-2H3,(H,18,21). The van der Waals surface area contributed by atoms with Crippen molar-refractivity contribution in [3.05, 3.63) is 30.5 Å². The second kappa shape index (κ2) is 7.61. The molecule has 2 aromatic rings. The van der Waals surface area contributed by atoms with Gasteiger partial charge in [-0.15, -0.1) is 0 Å². The number of urea groups is 1. The van der Waals surface area contributed by atoms with Crippen LogP contribution in [0.5, 0.6) is 5.75 Å². The Kier molecular flexibility index (Phi) is 5.55. The van der Waals surface area contributed by atoms with Gasteiger partial charge in [0.2, 0.25) is 0 Å². The number of anilines is 1. The zero-order valence-corrected chi connectivity index (χ0v) is 12.9. The van der Waals surface area contributed by atoms with Crippen LogP contribution in [0.2, 0.25) is 0 Å². The highest BCUT2D eigenvalue weighted by atomic mass is 16.5. The summed E-state index contributed by atoms with van der Waals surface area (Å²) in [6, 6.07) is 7.05. The monoisotopic (exact) mass is 303 g/mol. The highest BCUT2D eigenvalue weighted by Crippen LogP contribution is 2.29. The molecule has 2 N–H and O–H groups in total. The van der Waals surface area contributed by atoms with Crippen LogP contribution in [0.1, 0.15) is 13.3 Å². The summed E-state index contributed by atoms with van der Waals surface area (Å²) in [4.78, 5) is 18.2. The Hall–Kier alpha value is -2.34. The molecule has 118 valence electrons. The molecule has 0 saturated heterocycles. The van der Waals surface area contributed by atoms with Crippen LogP contribution in [-0.2, 0) is 0 Å². The predicted octanol–water partition coefficient (Wildman–Crippen LogP) is 2.48. The summed E-state index contributed by atoms with van der Waals surface area (Å²) < 4.78 is 5.32. The number of aromatic nitrogens is 1. The summed E-state index contributed by atoms with van der Waals surface area (Å²) in [5.41, 5.74) is 1.30. The third-order valence-corrected chi connectivity index (χ3v) is 3.34. The van der Waals surface area contributed by atoms with Crippen molar-refractivity contribution >= 4 is 22.6 Å². The van der Waals surface area contributed by atoms with Crippen LogP contribution in [0.3, 0.4) is 0 Å². The van der Waals surface area contributed by atoms with Crippen LogP contribution in [0.4, 0.5) is 10.5 Å². The largest absolute Gasteiger partial charge is 0.496 e. The molecule has 1 heterocycles. The molecule has 0 aliphatic heterocycles. The lowest BCUT2D eigenvalue weighted by molar-refractivity contribution is 0.188. The van der Waals surface area contributed by atoms with Crippen molar-refractivity contribution < 1.29 is 14.6 Å². The summed E-state index contributed by atoms with van der Waals surface area (Å²) in [6.07, 6.45) is 2.50. The normalized spacial score (nSPS) is 10.5. The Labute approximate surface area is 129 Å². The Bertz CT molecular complexity index is 640. The first-order chi connectivity index (χ1) is 10.7. The van der Waals surface area contributed by atoms with Crippen molar-refractivity contribution in [3.8, 4) is 5.75 Å². The Morgan fingerprint density at radius 2 is 2.18 bits per heavy atom. The number of nitrogens with one attached hydrogen (secondary N) is 1. The fraction of sp³-hybridized carbons (Fsp3) is 0.375. The lowest BCUT2D eigenvalue weighted by Gasteiger charge is -2.22. The van der Waals surface area contributed by atoms with E-state index in [9.17, 15) is 4.79 Å². The smallest absolute Gasteiger partial charge is 0.321 e. The maximum Gasteiger partial charge on any atom is 0.321 e. The van der Waals surface area contributed by atoms with Crippen molar-refractivity contribution in [3.63, 3.8) is 0 Å². The average Bonchev–Trinajstić information content (AvgIpc) is 2.55. The highest BCUT2D eigenvalue weighted by molar-refractivity contribution is 6.01. The van der Waals surface area contributed by atoms with Crippen molar-refractivity contribution in [1.29, 1.82) is 0 Å². The van der Waals surface area contributed by atoms with Gasteiger partial charge in [0, 0.05) is 24.7 Å². The molecule has 0 radical (unpaired) electrons. The molecular formula is C16H21N3O3. The molecule has 0 atom stereocenters. The van der Waals surface area contributed by atoms with E-state index in [1.165, 1.54) is 0 Å². The van der Waals surface area contributed by atoms with Gasteiger partial charge in [0.15, 0.2) is 0 Å². The maximum absolute atomic E-state index is 12.3. The van der Waals surface area contributed by atoms with Crippen LogP contribution in [0.15, 0.2) is 30.5 Å². The molecular weight excluding hydrogens is 282 g/mol. The first-order valence-electron chi connectivity index (χ1n) is 7.29. The van der Waals surface area contributed by atoms with Crippen molar-refractivity contribution in [1.82, 2.24) is 9.88 Å². The molecule has 2 amide bonds. The van der Waals surface area contributed by atoms with Crippen molar-refractivity contribution in [2.75, 3.05) is 32.1 Å². The number of hydrogen-bond donors (Lipinski definition) is 2. The van der Waals surface area contributed by atoms with E-state index in [2.05, 4.69) is 10.3 Å². The van der Waals surface area contributed by atoms with Gasteiger partial charge < -0.3 is 20.1 Å². The van der Waals surface area contributed by atoms with Gasteiger partial charge in [-0.3, -0.25) is 4.98 Å². The number of nitrogens with zero attached hydrogens (tertiary/aromatic N) is 2. The first kappa shape index (κ1) is 16.0. The van der Waals surface area contributed by atoms with Gasteiger partial charge >= 0.3 is 6.03 Å². The Balaban J connectivity index is 2.29. The topological polar surface area (TPSA) is 74.7 Å². The molecule has 0 bridgehead atoms. The molecule has 0 aliphatic carbocycles. The lowest BCUT2D eigenvalue weighted by Crippen LogP contribution is -2.37. The van der Waals surface area contributed by atoms with E-state index >= 15 is 0 Å². The Morgan fingerprint density at radius 1 is 1.36 bits per heavy atom. The summed E-state index contributed by atoms with van der Waals surface area (Å²) in [5, 5.41) is 12.8. The minimum Gasteiger partial charge on any atom is -0.496 e. The number of carbonyl (C=O) groups is 1. The molecule has 0 saturated carbocycles. The number of amides is 2. The van der Waals surface area contributed by atoms with Gasteiger partial charge in [0.05, 0.1) is 24.9 Å². The summed E-state index contributed by atoms with van der Waals surface area (Å²) in [5.74, 6) is 0.710. The third kappa shape index (κ3) is 3.46. The number of aliphatic hydroxyl groups is 1. The maximum atomic E-state index is 12.3. The van der Waals surface area contributed by atoms with E-state index < -0.39 is 0 Å². The molecule has 0 aliphatic rings. The van der Waals surface area contributed by atoms with E-state index in [-0.39, 0.29) is 12.6 Å². The minimum absolute atomic E-state index is 0.0605. The van der Waals surface area contributed by atoms with E-state index in [0.717, 1.165) is 11.8 Å². The molecule has 22 heavy (non-hydrogen) atoms. The molecule has 6 nitrogen and oxygen atoms in total. The molecule has 1 aromatic heterocycles. The molecule has 2 rings (SSSR count). The van der Waals surface area contributed by atoms with Crippen LogP contribution in [0.25, 0.3) is 10.9 Å². The van der Waals surface area contributed by atoms with Crippen molar-refractivity contribution in [2.24, 2.45) is 0 Å². The molecule has 1 aromatic carbocycles. The van der Waals surface area contributed by atoms with Gasteiger partial charge in [-0.1, -0.05) is 6.92 Å². The average molecular weight is 303 g/mol. The zero-order valence-electron chi connectivity index (χ0n) is 12.9. The van der Waals surface area contributed by atoms with Crippen LogP contribution in [-0.4, -0.2) is 47.8 Å². The number of aliphatic hydroxyl groups excluding tert-OH is 1. The highest BCUT2D eigenvalue weighted by Gasteiger charge is 2.15. The van der Waals surface area contributed by atoms with Crippen molar-refractivity contribution in [2.45, 2.75) is 13.3 Å². The van der Waals surface area contributed by atoms with Gasteiger partial charge in [0.1, 0.15) is 5.75 Å². The third-order valence-electron chi connectivity index (χ3n) is 3.34.